The van der Waals surface area contributed by atoms with Crippen molar-refractivity contribution in [2.75, 3.05) is 6.26 Å². The molecule has 1 rings (SSSR count). The summed E-state index contributed by atoms with van der Waals surface area (Å²) in [6.07, 6.45) is 0.919. The van der Waals surface area contributed by atoms with Gasteiger partial charge in [0.05, 0.1) is 4.90 Å². The Morgan fingerprint density at radius 2 is 1.58 bits per heavy atom. The van der Waals surface area contributed by atoms with Crippen LogP contribution in [0.15, 0.2) is 29.2 Å². The van der Waals surface area contributed by atoms with E-state index < -0.39 is 9.63 Å². The van der Waals surface area contributed by atoms with E-state index in [0.717, 1.165) is 11.8 Å². The molecule has 0 unspecified atom stereocenters. The van der Waals surface area contributed by atoms with Gasteiger partial charge in [-0.2, -0.15) is 0 Å². The Kier molecular flexibility index (Phi) is 1.87. The third-order valence-corrected chi connectivity index (χ3v) is 2.92. The highest BCUT2D eigenvalue weighted by atomic mass is 32.3. The number of benzene rings is 1. The molecule has 12 heavy (non-hydrogen) atoms. The minimum atomic E-state index is -4.53. The normalized spacial score (nSPS) is 15.2. The van der Waals surface area contributed by atoms with Gasteiger partial charge in [0.2, 0.25) is 0 Å². The molecular weight excluding hydrogens is 176 g/mol. The Hall–Kier alpha value is -0.710. The van der Waals surface area contributed by atoms with Crippen molar-refractivity contribution in [1.82, 2.24) is 0 Å². The van der Waals surface area contributed by atoms with Crippen molar-refractivity contribution < 1.29 is 13.3 Å². The van der Waals surface area contributed by atoms with Gasteiger partial charge in [0.15, 0.2) is 0 Å². The molecule has 0 aliphatic carbocycles. The summed E-state index contributed by atoms with van der Waals surface area (Å²) in [5, 5.41) is 0. The molecule has 0 aliphatic rings. The standard InChI is InChI=1S/C8H12O3S/c1-7-3-5-8(6-4-7)12(2,9,10)11/h3-6H,1-2H3,(H2,9,10,11). The molecule has 0 radical (unpaired) electrons. The Labute approximate surface area is 71.5 Å². The van der Waals surface area contributed by atoms with Crippen molar-refractivity contribution in [2.24, 2.45) is 0 Å². The highest BCUT2D eigenvalue weighted by Gasteiger charge is 2.24. The molecule has 0 bridgehead atoms. The van der Waals surface area contributed by atoms with Gasteiger partial charge in [-0.25, -0.2) is 4.21 Å². The second-order valence-corrected chi connectivity index (χ2v) is 5.98. The lowest BCUT2D eigenvalue weighted by Gasteiger charge is -2.25. The summed E-state index contributed by atoms with van der Waals surface area (Å²) in [6.45, 7) is 1.87. The van der Waals surface area contributed by atoms with E-state index in [-0.39, 0.29) is 4.90 Å². The zero-order valence-electron chi connectivity index (χ0n) is 7.02. The maximum atomic E-state index is 11.2. The Morgan fingerprint density at radius 1 is 1.17 bits per heavy atom. The smallest absolute Gasteiger partial charge is 0.106 e. The van der Waals surface area contributed by atoms with Crippen LogP contribution < -0.4 is 0 Å². The molecule has 1 aromatic carbocycles. The molecular formula is C8H12O3S. The molecule has 0 heterocycles. The molecule has 3 nitrogen and oxygen atoms in total. The highest BCUT2D eigenvalue weighted by Crippen LogP contribution is 2.24. The summed E-state index contributed by atoms with van der Waals surface area (Å²) in [5.41, 5.74) is 0.982. The van der Waals surface area contributed by atoms with Crippen LogP contribution in [0, 0.1) is 6.92 Å². The van der Waals surface area contributed by atoms with Gasteiger partial charge in [-0.15, -0.1) is 0 Å². The third-order valence-electron chi connectivity index (χ3n) is 1.56. The fourth-order valence-corrected chi connectivity index (χ4v) is 1.61. The first-order chi connectivity index (χ1) is 5.26. The van der Waals surface area contributed by atoms with Crippen molar-refractivity contribution in [3.05, 3.63) is 29.8 Å². The Morgan fingerprint density at radius 3 is 1.92 bits per heavy atom. The number of aryl methyl sites for hydroxylation is 1. The lowest BCUT2D eigenvalue weighted by Crippen LogP contribution is -2.28. The van der Waals surface area contributed by atoms with Crippen LogP contribution in [-0.4, -0.2) is 19.6 Å². The summed E-state index contributed by atoms with van der Waals surface area (Å²) in [6, 6.07) is 6.26. The average molecular weight is 188 g/mol. The van der Waals surface area contributed by atoms with Gasteiger partial charge in [-0.05, 0) is 19.1 Å². The van der Waals surface area contributed by atoms with Gasteiger partial charge >= 0.3 is 0 Å². The second-order valence-electron chi connectivity index (χ2n) is 3.05. The Bertz CT molecular complexity index is 336. The molecule has 0 aliphatic heterocycles. The predicted molar refractivity (Wildman–Crippen MR) is 48.8 cm³/mol. The molecule has 0 fully saturated rings. The van der Waals surface area contributed by atoms with Crippen LogP contribution in [0.2, 0.25) is 0 Å². The van der Waals surface area contributed by atoms with Crippen LogP contribution in [0.4, 0.5) is 0 Å². The summed E-state index contributed by atoms with van der Waals surface area (Å²) in [7, 11) is -4.53. The molecule has 0 saturated carbocycles. The zero-order chi connectivity index (χ0) is 9.43. The summed E-state index contributed by atoms with van der Waals surface area (Å²) in [5.74, 6) is 0. The van der Waals surface area contributed by atoms with Crippen molar-refractivity contribution in [3.63, 3.8) is 0 Å². The molecule has 0 spiro atoms. The van der Waals surface area contributed by atoms with E-state index in [1.54, 1.807) is 12.1 Å². The average Bonchev–Trinajstić information content (AvgIpc) is 1.84. The predicted octanol–water partition coefficient (Wildman–Crippen LogP) is 1.75. The van der Waals surface area contributed by atoms with E-state index in [4.69, 9.17) is 9.11 Å². The first-order valence-corrected chi connectivity index (χ1v) is 5.75. The van der Waals surface area contributed by atoms with Gasteiger partial charge in [-0.3, -0.25) is 0 Å². The lowest BCUT2D eigenvalue weighted by molar-refractivity contribution is 0.398. The monoisotopic (exact) mass is 188 g/mol. The van der Waals surface area contributed by atoms with E-state index in [1.165, 1.54) is 12.1 Å². The second kappa shape index (κ2) is 2.39. The van der Waals surface area contributed by atoms with Crippen molar-refractivity contribution in [2.45, 2.75) is 11.8 Å². The Balaban J connectivity index is 3.24. The van der Waals surface area contributed by atoms with Crippen LogP contribution in [0.3, 0.4) is 0 Å². The maximum Gasteiger partial charge on any atom is 0.106 e. The summed E-state index contributed by atoms with van der Waals surface area (Å²) < 4.78 is 29.5. The number of hydrogen-bond acceptors (Lipinski definition) is 1. The minimum absolute atomic E-state index is 0.0533. The first-order valence-electron chi connectivity index (χ1n) is 3.47. The molecule has 2 N–H and O–H groups in total. The lowest BCUT2D eigenvalue weighted by atomic mass is 10.2. The van der Waals surface area contributed by atoms with E-state index in [0.29, 0.717) is 0 Å². The fourth-order valence-electron chi connectivity index (χ4n) is 0.852. The maximum absolute atomic E-state index is 11.2. The molecule has 1 aromatic rings. The zero-order valence-corrected chi connectivity index (χ0v) is 7.84. The van der Waals surface area contributed by atoms with E-state index >= 15 is 0 Å². The molecule has 0 saturated heterocycles. The topological polar surface area (TPSA) is 57.5 Å². The van der Waals surface area contributed by atoms with E-state index in [2.05, 4.69) is 0 Å². The van der Waals surface area contributed by atoms with Gasteiger partial charge < -0.3 is 9.11 Å². The number of rotatable bonds is 1. The fraction of sp³-hybridized carbons (Fsp3) is 0.250. The highest BCUT2D eigenvalue weighted by molar-refractivity contribution is 8.09. The SMILES string of the molecule is Cc1ccc(S(C)(=O)(O)O)cc1. The molecule has 4 heteroatoms. The summed E-state index contributed by atoms with van der Waals surface area (Å²) in [4.78, 5) is 0.0533. The van der Waals surface area contributed by atoms with Gasteiger partial charge in [-0.1, -0.05) is 17.7 Å². The van der Waals surface area contributed by atoms with Crippen LogP contribution in [0.5, 0.6) is 0 Å². The van der Waals surface area contributed by atoms with Crippen molar-refractivity contribution in [1.29, 1.82) is 0 Å². The largest absolute Gasteiger partial charge is 0.304 e. The molecule has 0 aromatic heterocycles. The van der Waals surface area contributed by atoms with E-state index in [1.807, 2.05) is 6.92 Å². The molecule has 0 atom stereocenters. The van der Waals surface area contributed by atoms with Gasteiger partial charge in [0, 0.05) is 6.26 Å². The van der Waals surface area contributed by atoms with Crippen LogP contribution >= 0.6 is 0 Å². The molecule has 0 amide bonds. The van der Waals surface area contributed by atoms with E-state index in [9.17, 15) is 4.21 Å². The van der Waals surface area contributed by atoms with Gasteiger partial charge in [0.1, 0.15) is 9.63 Å². The number of hydrogen-bond donors (Lipinski definition) is 2. The molecule has 68 valence electrons. The van der Waals surface area contributed by atoms with Crippen LogP contribution in [0.1, 0.15) is 5.56 Å². The summed E-state index contributed by atoms with van der Waals surface area (Å²) >= 11 is 0. The van der Waals surface area contributed by atoms with Crippen LogP contribution in [0.25, 0.3) is 0 Å². The first kappa shape index (κ1) is 9.38. The van der Waals surface area contributed by atoms with Crippen molar-refractivity contribution >= 4 is 9.63 Å². The van der Waals surface area contributed by atoms with Crippen LogP contribution in [-0.2, 0) is 9.63 Å². The quantitative estimate of drug-likeness (QED) is 0.706. The van der Waals surface area contributed by atoms with Crippen molar-refractivity contribution in [3.8, 4) is 0 Å². The minimum Gasteiger partial charge on any atom is -0.304 e. The van der Waals surface area contributed by atoms with Gasteiger partial charge in [0.25, 0.3) is 0 Å². The third kappa shape index (κ3) is 2.14.